The van der Waals surface area contributed by atoms with Crippen LogP contribution < -0.4 is 9.80 Å². The second kappa shape index (κ2) is 12.0. The molecule has 2 N–H and O–H groups in total. The Labute approximate surface area is 234 Å². The third-order valence-electron chi connectivity index (χ3n) is 7.56. The molecule has 0 bridgehead atoms. The molecule has 6 nitrogen and oxygen atoms in total. The van der Waals surface area contributed by atoms with Crippen molar-refractivity contribution < 1.29 is 15.0 Å². The van der Waals surface area contributed by atoms with E-state index >= 15 is 0 Å². The summed E-state index contributed by atoms with van der Waals surface area (Å²) < 4.78 is 0. The molecule has 0 aliphatic heterocycles. The second-order valence-electron chi connectivity index (χ2n) is 10.5. The Balaban J connectivity index is 1.18. The number of nitrogens with zero attached hydrogens (tertiary/aromatic N) is 3. The lowest BCUT2D eigenvalue weighted by atomic mass is 9.82. The lowest BCUT2D eigenvalue weighted by Crippen LogP contribution is -2.18. The van der Waals surface area contributed by atoms with E-state index < -0.39 is 5.97 Å². The molecule has 1 aromatic heterocycles. The first kappa shape index (κ1) is 26.9. The number of anilines is 2. The summed E-state index contributed by atoms with van der Waals surface area (Å²) in [5, 5.41) is 22.1. The first-order chi connectivity index (χ1) is 18.9. The van der Waals surface area contributed by atoms with Crippen molar-refractivity contribution in [3.63, 3.8) is 0 Å². The van der Waals surface area contributed by atoms with Crippen molar-refractivity contribution in [1.29, 1.82) is 0 Å². The van der Waals surface area contributed by atoms with E-state index in [0.717, 1.165) is 53.4 Å². The second-order valence-corrected chi connectivity index (χ2v) is 11.4. The number of thiazole rings is 1. The minimum absolute atomic E-state index is 0.153. The van der Waals surface area contributed by atoms with Crippen LogP contribution in [0.1, 0.15) is 58.6 Å². The zero-order valence-corrected chi connectivity index (χ0v) is 23.3. The fourth-order valence-electron chi connectivity index (χ4n) is 5.28. The number of hydrogen-bond acceptors (Lipinski definition) is 6. The van der Waals surface area contributed by atoms with E-state index in [9.17, 15) is 9.90 Å². The molecule has 1 aliphatic rings. The molecule has 1 aliphatic carbocycles. The molecule has 1 heterocycles. The fourth-order valence-corrected chi connectivity index (χ4v) is 6.08. The Kier molecular flexibility index (Phi) is 8.29. The maximum Gasteiger partial charge on any atom is 0.335 e. The number of carboxylic acids is 1. The number of carboxylic acid groups (broad SMARTS) is 1. The van der Waals surface area contributed by atoms with Crippen molar-refractivity contribution in [2.45, 2.75) is 50.8 Å². The Morgan fingerprint density at radius 3 is 2.18 bits per heavy atom. The molecule has 3 aromatic carbocycles. The topological polar surface area (TPSA) is 76.9 Å². The number of aliphatic hydroxyl groups is 1. The van der Waals surface area contributed by atoms with E-state index in [4.69, 9.17) is 10.1 Å². The Bertz CT molecular complexity index is 1380. The Hall–Kier alpha value is -3.68. The molecule has 5 rings (SSSR count). The van der Waals surface area contributed by atoms with Gasteiger partial charge in [0.15, 0.2) is 5.13 Å². The SMILES string of the molecule is CN(Cc1ccc([C@@H]2CCC[C@H](O)C2)cc1)c1ccc(-c2csc(N(C)Cc3ccc(C(=O)O)cc3)n2)cc1. The van der Waals surface area contributed by atoms with Gasteiger partial charge >= 0.3 is 5.97 Å². The Morgan fingerprint density at radius 1 is 0.897 bits per heavy atom. The maximum absolute atomic E-state index is 11.1. The van der Waals surface area contributed by atoms with Crippen LogP contribution in [0.25, 0.3) is 11.3 Å². The number of aromatic carboxylic acids is 1. The first-order valence-electron chi connectivity index (χ1n) is 13.4. The van der Waals surface area contributed by atoms with Gasteiger partial charge in [-0.05, 0) is 66.1 Å². The maximum atomic E-state index is 11.1. The summed E-state index contributed by atoms with van der Waals surface area (Å²) in [6.07, 6.45) is 3.94. The third-order valence-corrected chi connectivity index (χ3v) is 8.52. The summed E-state index contributed by atoms with van der Waals surface area (Å²) in [6, 6.07) is 24.4. The Morgan fingerprint density at radius 2 is 1.54 bits per heavy atom. The van der Waals surface area contributed by atoms with Gasteiger partial charge in [0.2, 0.25) is 0 Å². The molecule has 7 heteroatoms. The first-order valence-corrected chi connectivity index (χ1v) is 14.3. The highest BCUT2D eigenvalue weighted by atomic mass is 32.1. The highest BCUT2D eigenvalue weighted by Crippen LogP contribution is 2.33. The van der Waals surface area contributed by atoms with Gasteiger partial charge in [0, 0.05) is 43.8 Å². The highest BCUT2D eigenvalue weighted by molar-refractivity contribution is 7.14. The van der Waals surface area contributed by atoms with Gasteiger partial charge in [0.05, 0.1) is 17.4 Å². The van der Waals surface area contributed by atoms with Crippen molar-refractivity contribution >= 4 is 28.1 Å². The van der Waals surface area contributed by atoms with Gasteiger partial charge in [0.1, 0.15) is 0 Å². The zero-order chi connectivity index (χ0) is 27.4. The van der Waals surface area contributed by atoms with Crippen molar-refractivity contribution in [1.82, 2.24) is 4.98 Å². The molecule has 0 spiro atoms. The van der Waals surface area contributed by atoms with Crippen LogP contribution in [-0.2, 0) is 13.1 Å². The van der Waals surface area contributed by atoms with Gasteiger partial charge in [-0.3, -0.25) is 0 Å². The van der Waals surface area contributed by atoms with Crippen LogP contribution in [0.4, 0.5) is 10.8 Å². The average molecular weight is 542 g/mol. The van der Waals surface area contributed by atoms with Crippen LogP contribution in [0, 0.1) is 0 Å². The lowest BCUT2D eigenvalue weighted by Gasteiger charge is -2.26. The minimum Gasteiger partial charge on any atom is -0.478 e. The molecule has 0 amide bonds. The molecule has 0 unspecified atom stereocenters. The van der Waals surface area contributed by atoms with E-state index in [-0.39, 0.29) is 6.10 Å². The largest absolute Gasteiger partial charge is 0.478 e. The van der Waals surface area contributed by atoms with Crippen LogP contribution in [0.15, 0.2) is 78.2 Å². The quantitative estimate of drug-likeness (QED) is 0.243. The van der Waals surface area contributed by atoms with E-state index in [0.29, 0.717) is 18.0 Å². The monoisotopic (exact) mass is 541 g/mol. The predicted molar refractivity (Wildman–Crippen MR) is 159 cm³/mol. The van der Waals surface area contributed by atoms with Gasteiger partial charge in [-0.2, -0.15) is 0 Å². The summed E-state index contributed by atoms with van der Waals surface area (Å²) in [6.45, 7) is 1.48. The lowest BCUT2D eigenvalue weighted by molar-refractivity contribution is 0.0697. The van der Waals surface area contributed by atoms with Gasteiger partial charge < -0.3 is 20.0 Å². The molecular formula is C32H35N3O3S. The van der Waals surface area contributed by atoms with E-state index in [2.05, 4.69) is 70.8 Å². The molecule has 2 atom stereocenters. The standard InChI is InChI=1S/C32H35N3O3S/c1-34(19-22-6-10-24(11-7-22)27-4-3-5-29(36)18-27)28-16-14-25(15-17-28)30-21-39-32(33-30)35(2)20-23-8-12-26(13-9-23)31(37)38/h6-17,21,27,29,36H,3-5,18-20H2,1-2H3,(H,37,38)/t27-,29+/m1/s1. The predicted octanol–water partition coefficient (Wildman–Crippen LogP) is 6.80. The average Bonchev–Trinajstić information content (AvgIpc) is 3.45. The van der Waals surface area contributed by atoms with E-state index in [1.165, 1.54) is 17.5 Å². The molecule has 1 fully saturated rings. The van der Waals surface area contributed by atoms with E-state index in [1.54, 1.807) is 23.5 Å². The summed E-state index contributed by atoms with van der Waals surface area (Å²) in [5.41, 5.74) is 7.11. The molecular weight excluding hydrogens is 506 g/mol. The van der Waals surface area contributed by atoms with Crippen LogP contribution >= 0.6 is 11.3 Å². The van der Waals surface area contributed by atoms with Gasteiger partial charge in [0.25, 0.3) is 0 Å². The molecule has 1 saturated carbocycles. The number of aromatic nitrogens is 1. The highest BCUT2D eigenvalue weighted by Gasteiger charge is 2.21. The molecule has 0 saturated heterocycles. The number of rotatable bonds is 9. The summed E-state index contributed by atoms with van der Waals surface area (Å²) in [7, 11) is 4.11. The van der Waals surface area contributed by atoms with Crippen LogP contribution in [0.2, 0.25) is 0 Å². The fraction of sp³-hybridized carbons (Fsp3) is 0.312. The minimum atomic E-state index is -0.914. The molecule has 0 radical (unpaired) electrons. The summed E-state index contributed by atoms with van der Waals surface area (Å²) in [5.74, 6) is -0.438. The van der Waals surface area contributed by atoms with Gasteiger partial charge in [-0.25, -0.2) is 9.78 Å². The number of benzene rings is 3. The van der Waals surface area contributed by atoms with Crippen molar-refractivity contribution in [2.24, 2.45) is 0 Å². The van der Waals surface area contributed by atoms with E-state index in [1.807, 2.05) is 19.2 Å². The number of aliphatic hydroxyl groups excluding tert-OH is 1. The third kappa shape index (κ3) is 6.67. The van der Waals surface area contributed by atoms with Gasteiger partial charge in [-0.15, -0.1) is 11.3 Å². The molecule has 202 valence electrons. The number of carbonyl (C=O) groups is 1. The summed E-state index contributed by atoms with van der Waals surface area (Å²) >= 11 is 1.60. The van der Waals surface area contributed by atoms with Crippen LogP contribution in [0.5, 0.6) is 0 Å². The van der Waals surface area contributed by atoms with Gasteiger partial charge in [-0.1, -0.05) is 55.0 Å². The van der Waals surface area contributed by atoms with Crippen LogP contribution in [0.3, 0.4) is 0 Å². The van der Waals surface area contributed by atoms with Crippen molar-refractivity contribution in [2.75, 3.05) is 23.9 Å². The van der Waals surface area contributed by atoms with Crippen molar-refractivity contribution in [3.8, 4) is 11.3 Å². The zero-order valence-electron chi connectivity index (χ0n) is 22.5. The summed E-state index contributed by atoms with van der Waals surface area (Å²) in [4.78, 5) is 20.2. The smallest absolute Gasteiger partial charge is 0.335 e. The molecule has 4 aromatic rings. The van der Waals surface area contributed by atoms with Crippen molar-refractivity contribution in [3.05, 3.63) is 100 Å². The normalized spacial score (nSPS) is 17.1. The van der Waals surface area contributed by atoms with Crippen LogP contribution in [-0.4, -0.2) is 41.4 Å². The number of hydrogen-bond donors (Lipinski definition) is 2. The molecule has 39 heavy (non-hydrogen) atoms.